The SMILES string of the molecule is Cc1nccnc1C(C)Nc1cccc2ccn(C)c12. The highest BCUT2D eigenvalue weighted by Gasteiger charge is 2.12. The van der Waals surface area contributed by atoms with E-state index in [-0.39, 0.29) is 6.04 Å². The topological polar surface area (TPSA) is 42.7 Å². The summed E-state index contributed by atoms with van der Waals surface area (Å²) in [7, 11) is 2.06. The molecule has 1 N–H and O–H groups in total. The first-order valence-corrected chi connectivity index (χ1v) is 6.75. The number of aryl methyl sites for hydroxylation is 2. The molecule has 0 saturated heterocycles. The summed E-state index contributed by atoms with van der Waals surface area (Å²) in [6.45, 7) is 4.10. The Balaban J connectivity index is 1.97. The first-order chi connectivity index (χ1) is 9.66. The highest BCUT2D eigenvalue weighted by molar-refractivity contribution is 5.91. The van der Waals surface area contributed by atoms with E-state index in [1.165, 1.54) is 10.9 Å². The van der Waals surface area contributed by atoms with Crippen LogP contribution in [0.15, 0.2) is 42.9 Å². The van der Waals surface area contributed by atoms with E-state index in [2.05, 4.69) is 64.3 Å². The second kappa shape index (κ2) is 4.96. The lowest BCUT2D eigenvalue weighted by atomic mass is 10.1. The molecule has 0 aliphatic heterocycles. The van der Waals surface area contributed by atoms with Crippen molar-refractivity contribution in [3.05, 3.63) is 54.2 Å². The highest BCUT2D eigenvalue weighted by atomic mass is 15.0. The molecule has 4 heteroatoms. The van der Waals surface area contributed by atoms with Crippen LogP contribution in [0.2, 0.25) is 0 Å². The molecule has 0 bridgehead atoms. The third-order valence-corrected chi connectivity index (χ3v) is 3.60. The lowest BCUT2D eigenvalue weighted by Crippen LogP contribution is -2.11. The molecule has 1 aromatic carbocycles. The van der Waals surface area contributed by atoms with Crippen LogP contribution in [0.1, 0.15) is 24.4 Å². The monoisotopic (exact) mass is 266 g/mol. The van der Waals surface area contributed by atoms with E-state index < -0.39 is 0 Å². The molecule has 0 aliphatic rings. The van der Waals surface area contributed by atoms with Gasteiger partial charge in [-0.2, -0.15) is 0 Å². The van der Waals surface area contributed by atoms with Gasteiger partial charge in [-0.25, -0.2) is 0 Å². The van der Waals surface area contributed by atoms with Crippen LogP contribution in [-0.4, -0.2) is 14.5 Å². The number of benzene rings is 1. The van der Waals surface area contributed by atoms with Crippen LogP contribution in [0, 0.1) is 6.92 Å². The van der Waals surface area contributed by atoms with Crippen molar-refractivity contribution in [2.45, 2.75) is 19.9 Å². The summed E-state index contributed by atoms with van der Waals surface area (Å²) in [6, 6.07) is 8.53. The second-order valence-electron chi connectivity index (χ2n) is 5.06. The molecule has 4 nitrogen and oxygen atoms in total. The van der Waals surface area contributed by atoms with Gasteiger partial charge in [0.05, 0.1) is 28.6 Å². The summed E-state index contributed by atoms with van der Waals surface area (Å²) in [5.41, 5.74) is 4.28. The number of hydrogen-bond donors (Lipinski definition) is 1. The van der Waals surface area contributed by atoms with Crippen molar-refractivity contribution in [3.8, 4) is 0 Å². The van der Waals surface area contributed by atoms with Crippen LogP contribution in [0.25, 0.3) is 10.9 Å². The van der Waals surface area contributed by atoms with Crippen molar-refractivity contribution in [1.29, 1.82) is 0 Å². The molecule has 0 spiro atoms. The van der Waals surface area contributed by atoms with Gasteiger partial charge in [-0.3, -0.25) is 9.97 Å². The van der Waals surface area contributed by atoms with Gasteiger partial charge in [-0.1, -0.05) is 12.1 Å². The second-order valence-corrected chi connectivity index (χ2v) is 5.06. The van der Waals surface area contributed by atoms with Crippen LogP contribution < -0.4 is 5.32 Å². The molecule has 102 valence electrons. The Hall–Kier alpha value is -2.36. The summed E-state index contributed by atoms with van der Waals surface area (Å²) in [5, 5.41) is 4.78. The van der Waals surface area contributed by atoms with E-state index in [0.717, 1.165) is 17.1 Å². The maximum Gasteiger partial charge on any atom is 0.0835 e. The number of hydrogen-bond acceptors (Lipinski definition) is 3. The van der Waals surface area contributed by atoms with Gasteiger partial charge >= 0.3 is 0 Å². The van der Waals surface area contributed by atoms with Crippen LogP contribution >= 0.6 is 0 Å². The molecular weight excluding hydrogens is 248 g/mol. The normalized spacial score (nSPS) is 12.6. The van der Waals surface area contributed by atoms with Crippen molar-refractivity contribution < 1.29 is 0 Å². The number of anilines is 1. The Morgan fingerprint density at radius 3 is 2.75 bits per heavy atom. The maximum atomic E-state index is 4.43. The van der Waals surface area contributed by atoms with Crippen LogP contribution in [0.5, 0.6) is 0 Å². The highest BCUT2D eigenvalue weighted by Crippen LogP contribution is 2.27. The Bertz CT molecular complexity index is 745. The first-order valence-electron chi connectivity index (χ1n) is 6.75. The Kier molecular flexibility index (Phi) is 3.14. The quantitative estimate of drug-likeness (QED) is 0.789. The van der Waals surface area contributed by atoms with Gasteiger partial charge in [-0.15, -0.1) is 0 Å². The number of para-hydroxylation sites is 1. The Morgan fingerprint density at radius 1 is 1.15 bits per heavy atom. The average Bonchev–Trinajstić information content (AvgIpc) is 2.82. The number of nitrogens with zero attached hydrogens (tertiary/aromatic N) is 3. The summed E-state index contributed by atoms with van der Waals surface area (Å²) < 4.78 is 2.13. The standard InChI is InChI=1S/C16H18N4/c1-11-15(18-9-8-17-11)12(2)19-14-6-4-5-13-7-10-20(3)16(13)14/h4-10,12,19H,1-3H3. The molecule has 0 aliphatic carbocycles. The zero-order valence-corrected chi connectivity index (χ0v) is 12.0. The lowest BCUT2D eigenvalue weighted by Gasteiger charge is -2.17. The van der Waals surface area contributed by atoms with Gasteiger partial charge in [0.25, 0.3) is 0 Å². The van der Waals surface area contributed by atoms with Gasteiger partial charge in [0.2, 0.25) is 0 Å². The van der Waals surface area contributed by atoms with Crippen LogP contribution in [0.4, 0.5) is 5.69 Å². The molecule has 0 saturated carbocycles. The van der Waals surface area contributed by atoms with Crippen molar-refractivity contribution in [1.82, 2.24) is 14.5 Å². The molecule has 2 heterocycles. The fraction of sp³-hybridized carbons (Fsp3) is 0.250. The van der Waals surface area contributed by atoms with Crippen LogP contribution in [-0.2, 0) is 7.05 Å². The molecule has 1 unspecified atom stereocenters. The lowest BCUT2D eigenvalue weighted by molar-refractivity contribution is 0.809. The maximum absolute atomic E-state index is 4.43. The van der Waals surface area contributed by atoms with E-state index >= 15 is 0 Å². The predicted molar refractivity (Wildman–Crippen MR) is 81.7 cm³/mol. The van der Waals surface area contributed by atoms with Gasteiger partial charge in [0.1, 0.15) is 0 Å². The van der Waals surface area contributed by atoms with E-state index in [1.54, 1.807) is 12.4 Å². The van der Waals surface area contributed by atoms with Gasteiger partial charge in [0, 0.05) is 31.0 Å². The number of nitrogens with one attached hydrogen (secondary N) is 1. The summed E-state index contributed by atoms with van der Waals surface area (Å²) in [4.78, 5) is 8.74. The van der Waals surface area contributed by atoms with Crippen molar-refractivity contribution >= 4 is 16.6 Å². The fourth-order valence-electron chi connectivity index (χ4n) is 2.62. The van der Waals surface area contributed by atoms with E-state index in [9.17, 15) is 0 Å². The molecule has 20 heavy (non-hydrogen) atoms. The zero-order valence-electron chi connectivity index (χ0n) is 12.0. The molecule has 0 fully saturated rings. The molecule has 3 rings (SSSR count). The number of fused-ring (bicyclic) bond motifs is 1. The minimum atomic E-state index is 0.115. The Labute approximate surface area is 118 Å². The first kappa shape index (κ1) is 12.7. The van der Waals surface area contributed by atoms with Crippen molar-refractivity contribution in [2.24, 2.45) is 7.05 Å². The van der Waals surface area contributed by atoms with Gasteiger partial charge in [-0.05, 0) is 26.0 Å². The molecular formula is C16H18N4. The molecule has 2 aromatic heterocycles. The minimum Gasteiger partial charge on any atom is -0.375 e. The average molecular weight is 266 g/mol. The smallest absolute Gasteiger partial charge is 0.0835 e. The minimum absolute atomic E-state index is 0.115. The third kappa shape index (κ3) is 2.13. The van der Waals surface area contributed by atoms with E-state index in [4.69, 9.17) is 0 Å². The largest absolute Gasteiger partial charge is 0.375 e. The Morgan fingerprint density at radius 2 is 1.95 bits per heavy atom. The molecule has 0 radical (unpaired) electrons. The summed E-state index contributed by atoms with van der Waals surface area (Å²) in [5.74, 6) is 0. The fourth-order valence-corrected chi connectivity index (χ4v) is 2.62. The predicted octanol–water partition coefficient (Wildman–Crippen LogP) is 3.45. The number of aromatic nitrogens is 3. The van der Waals surface area contributed by atoms with Crippen LogP contribution in [0.3, 0.4) is 0 Å². The summed E-state index contributed by atoms with van der Waals surface area (Å²) >= 11 is 0. The van der Waals surface area contributed by atoms with Gasteiger partial charge in [0.15, 0.2) is 0 Å². The van der Waals surface area contributed by atoms with Crippen molar-refractivity contribution in [2.75, 3.05) is 5.32 Å². The number of rotatable bonds is 3. The van der Waals surface area contributed by atoms with E-state index in [0.29, 0.717) is 0 Å². The molecule has 0 amide bonds. The molecule has 1 atom stereocenters. The van der Waals surface area contributed by atoms with Gasteiger partial charge < -0.3 is 9.88 Å². The summed E-state index contributed by atoms with van der Waals surface area (Å²) in [6.07, 6.45) is 5.54. The van der Waals surface area contributed by atoms with Crippen molar-refractivity contribution in [3.63, 3.8) is 0 Å². The van der Waals surface area contributed by atoms with E-state index in [1.807, 2.05) is 6.92 Å². The zero-order chi connectivity index (χ0) is 14.1. The third-order valence-electron chi connectivity index (χ3n) is 3.60. The molecule has 3 aromatic rings.